The van der Waals surface area contributed by atoms with Gasteiger partial charge in [0.25, 0.3) is 0 Å². The Bertz CT molecular complexity index is 389. The largest absolute Gasteiger partial charge is 0.497 e. The molecule has 0 aliphatic rings. The van der Waals surface area contributed by atoms with Crippen LogP contribution in [0.25, 0.3) is 0 Å². The van der Waals surface area contributed by atoms with Crippen molar-refractivity contribution in [1.29, 1.82) is 0 Å². The summed E-state index contributed by atoms with van der Waals surface area (Å²) < 4.78 is 4.99. The van der Waals surface area contributed by atoms with Crippen LogP contribution in [-0.2, 0) is 0 Å². The van der Waals surface area contributed by atoms with Crippen LogP contribution < -0.4 is 10.1 Å². The number of urea groups is 1. The van der Waals surface area contributed by atoms with Crippen molar-refractivity contribution in [3.05, 3.63) is 29.2 Å². The van der Waals surface area contributed by atoms with Gasteiger partial charge >= 0.3 is 6.03 Å². The maximum absolute atomic E-state index is 11.6. The van der Waals surface area contributed by atoms with Gasteiger partial charge in [-0.05, 0) is 38.1 Å². The van der Waals surface area contributed by atoms with Crippen molar-refractivity contribution in [2.75, 3.05) is 12.4 Å². The minimum atomic E-state index is -0.555. The molecule has 6 nitrogen and oxygen atoms in total. The van der Waals surface area contributed by atoms with Crippen LogP contribution in [0.3, 0.4) is 0 Å². The Kier molecular flexibility index (Phi) is 4.45. The molecule has 0 saturated carbocycles. The van der Waals surface area contributed by atoms with Crippen LogP contribution >= 0.6 is 0 Å². The lowest BCUT2D eigenvalue weighted by atomic mass is 10.3. The molecule has 1 aromatic rings. The van der Waals surface area contributed by atoms with Crippen LogP contribution in [0.15, 0.2) is 29.6 Å². The minimum absolute atomic E-state index is 0.286. The third-order valence-corrected chi connectivity index (χ3v) is 2.13. The van der Waals surface area contributed by atoms with Crippen LogP contribution in [0.2, 0.25) is 0 Å². The Morgan fingerprint density at radius 3 is 2.35 bits per heavy atom. The summed E-state index contributed by atoms with van der Waals surface area (Å²) in [6.45, 7) is 3.41. The van der Waals surface area contributed by atoms with Gasteiger partial charge in [-0.1, -0.05) is 0 Å². The van der Waals surface area contributed by atoms with E-state index in [4.69, 9.17) is 4.74 Å². The highest BCUT2D eigenvalue weighted by Crippen LogP contribution is 2.15. The second-order valence-electron chi connectivity index (χ2n) is 3.68. The number of benzene rings is 1. The first-order valence-corrected chi connectivity index (χ1v) is 5.16. The summed E-state index contributed by atoms with van der Waals surface area (Å²) in [5, 5.41) is 6.06. The van der Waals surface area contributed by atoms with Gasteiger partial charge in [0, 0.05) is 5.69 Å². The molecule has 0 aromatic heterocycles. The second kappa shape index (κ2) is 5.83. The van der Waals surface area contributed by atoms with Crippen molar-refractivity contribution in [3.8, 4) is 5.75 Å². The summed E-state index contributed by atoms with van der Waals surface area (Å²) in [6, 6.07) is 5.94. The summed E-state index contributed by atoms with van der Waals surface area (Å²) in [7, 11) is 1.56. The highest BCUT2D eigenvalue weighted by atomic mass is 16.5. The van der Waals surface area contributed by atoms with Gasteiger partial charge in [0.2, 0.25) is 0 Å². The standard InChI is InChI=1S/C11H15N3O3/c1-8(2)14(13-16)11(15)12-9-4-6-10(17-3)7-5-9/h4-8H,1-3H3,(H,12,15). The SMILES string of the molecule is COc1ccc(NC(=O)N(N=O)C(C)C)cc1. The number of hydrogen-bond acceptors (Lipinski definition) is 4. The highest BCUT2D eigenvalue weighted by molar-refractivity contribution is 5.89. The zero-order valence-corrected chi connectivity index (χ0v) is 10.0. The molecule has 0 aliphatic carbocycles. The molecule has 0 heterocycles. The van der Waals surface area contributed by atoms with Crippen molar-refractivity contribution in [3.63, 3.8) is 0 Å². The van der Waals surface area contributed by atoms with E-state index in [9.17, 15) is 9.70 Å². The van der Waals surface area contributed by atoms with Crippen LogP contribution in [0, 0.1) is 4.91 Å². The summed E-state index contributed by atoms with van der Waals surface area (Å²) >= 11 is 0. The molecule has 1 rings (SSSR count). The predicted molar refractivity (Wildman–Crippen MR) is 64.8 cm³/mol. The Morgan fingerprint density at radius 1 is 1.35 bits per heavy atom. The molecule has 92 valence electrons. The maximum Gasteiger partial charge on any atom is 0.345 e. The van der Waals surface area contributed by atoms with E-state index in [2.05, 4.69) is 10.6 Å². The van der Waals surface area contributed by atoms with Crippen molar-refractivity contribution in [1.82, 2.24) is 5.01 Å². The van der Waals surface area contributed by atoms with Crippen LogP contribution in [0.1, 0.15) is 13.8 Å². The molecule has 1 aromatic carbocycles. The lowest BCUT2D eigenvalue weighted by molar-refractivity contribution is 0.199. The molecule has 0 aliphatic heterocycles. The Morgan fingerprint density at radius 2 is 1.94 bits per heavy atom. The fourth-order valence-corrected chi connectivity index (χ4v) is 1.22. The number of rotatable bonds is 4. The number of nitrogens with one attached hydrogen (secondary N) is 1. The fourth-order valence-electron chi connectivity index (χ4n) is 1.22. The van der Waals surface area contributed by atoms with Crippen molar-refractivity contribution in [2.24, 2.45) is 5.29 Å². The number of carbonyl (C=O) groups excluding carboxylic acids is 1. The fraction of sp³-hybridized carbons (Fsp3) is 0.364. The van der Waals surface area contributed by atoms with Gasteiger partial charge < -0.3 is 10.1 Å². The smallest absolute Gasteiger partial charge is 0.345 e. The summed E-state index contributed by atoms with van der Waals surface area (Å²) in [6.07, 6.45) is 0. The van der Waals surface area contributed by atoms with E-state index in [1.165, 1.54) is 0 Å². The predicted octanol–water partition coefficient (Wildman–Crippen LogP) is 2.62. The monoisotopic (exact) mass is 237 g/mol. The molecular weight excluding hydrogens is 222 g/mol. The molecule has 0 saturated heterocycles. The lowest BCUT2D eigenvalue weighted by Crippen LogP contribution is -2.35. The summed E-state index contributed by atoms with van der Waals surface area (Å²) in [5.74, 6) is 0.692. The second-order valence-corrected chi connectivity index (χ2v) is 3.68. The highest BCUT2D eigenvalue weighted by Gasteiger charge is 2.17. The Balaban J connectivity index is 2.69. The minimum Gasteiger partial charge on any atom is -0.497 e. The molecule has 0 bridgehead atoms. The molecule has 0 unspecified atom stereocenters. The van der Waals surface area contributed by atoms with Gasteiger partial charge in [-0.2, -0.15) is 5.01 Å². The molecule has 0 spiro atoms. The average Bonchev–Trinajstić information content (AvgIpc) is 2.30. The number of nitroso groups, excluding NO2 is 1. The van der Waals surface area contributed by atoms with Crippen LogP contribution in [-0.4, -0.2) is 24.2 Å². The third-order valence-electron chi connectivity index (χ3n) is 2.13. The first-order valence-electron chi connectivity index (χ1n) is 5.16. The van der Waals surface area contributed by atoms with E-state index < -0.39 is 6.03 Å². The normalized spacial score (nSPS) is 9.88. The van der Waals surface area contributed by atoms with Gasteiger partial charge in [0.15, 0.2) is 0 Å². The quantitative estimate of drug-likeness (QED) is 0.646. The summed E-state index contributed by atoms with van der Waals surface area (Å²) in [4.78, 5) is 22.1. The Hall–Kier alpha value is -2.11. The van der Waals surface area contributed by atoms with Gasteiger partial charge in [-0.3, -0.25) is 0 Å². The van der Waals surface area contributed by atoms with E-state index in [-0.39, 0.29) is 6.04 Å². The Labute approximate surface area is 99.5 Å². The third kappa shape index (κ3) is 3.44. The van der Waals surface area contributed by atoms with E-state index in [1.807, 2.05) is 0 Å². The van der Waals surface area contributed by atoms with Crippen molar-refractivity contribution < 1.29 is 9.53 Å². The molecule has 2 amide bonds. The average molecular weight is 237 g/mol. The molecule has 1 N–H and O–H groups in total. The van der Waals surface area contributed by atoms with Crippen LogP contribution in [0.5, 0.6) is 5.75 Å². The van der Waals surface area contributed by atoms with E-state index in [1.54, 1.807) is 45.2 Å². The molecular formula is C11H15N3O3. The zero-order chi connectivity index (χ0) is 12.8. The summed E-state index contributed by atoms with van der Waals surface area (Å²) in [5.41, 5.74) is 0.574. The molecule has 0 radical (unpaired) electrons. The van der Waals surface area contributed by atoms with Crippen molar-refractivity contribution in [2.45, 2.75) is 19.9 Å². The lowest BCUT2D eigenvalue weighted by Gasteiger charge is -2.17. The number of carbonyl (C=O) groups is 1. The van der Waals surface area contributed by atoms with E-state index in [0.29, 0.717) is 11.4 Å². The molecule has 6 heteroatoms. The van der Waals surface area contributed by atoms with Gasteiger partial charge in [0.05, 0.1) is 18.4 Å². The van der Waals surface area contributed by atoms with Crippen LogP contribution in [0.4, 0.5) is 10.5 Å². The number of amides is 2. The van der Waals surface area contributed by atoms with Gasteiger partial charge in [0.1, 0.15) is 5.75 Å². The molecule has 17 heavy (non-hydrogen) atoms. The first-order chi connectivity index (χ1) is 8.08. The van der Waals surface area contributed by atoms with Gasteiger partial charge in [-0.15, -0.1) is 4.91 Å². The van der Waals surface area contributed by atoms with Crippen molar-refractivity contribution >= 4 is 11.7 Å². The number of methoxy groups -OCH3 is 1. The van der Waals surface area contributed by atoms with E-state index in [0.717, 1.165) is 5.01 Å². The number of nitrogens with zero attached hydrogens (tertiary/aromatic N) is 2. The molecule has 0 atom stereocenters. The zero-order valence-electron chi connectivity index (χ0n) is 10.0. The number of ether oxygens (including phenoxy) is 1. The number of anilines is 1. The topological polar surface area (TPSA) is 71.0 Å². The van der Waals surface area contributed by atoms with E-state index >= 15 is 0 Å². The molecule has 0 fully saturated rings. The maximum atomic E-state index is 11.6. The number of hydrogen-bond donors (Lipinski definition) is 1. The van der Waals surface area contributed by atoms with Gasteiger partial charge in [-0.25, -0.2) is 4.79 Å². The first kappa shape index (κ1) is 13.0.